The molecule has 1 rings (SSSR count). The molecule has 8 heteroatoms. The lowest BCUT2D eigenvalue weighted by Crippen LogP contribution is -2.28. The van der Waals surface area contributed by atoms with Crippen LogP contribution in [0.4, 0.5) is 0 Å². The fourth-order valence-electron chi connectivity index (χ4n) is 2.17. The third kappa shape index (κ3) is 8.57. The monoisotopic (exact) mass is 368 g/mol. The number of esters is 3. The number of rotatable bonds is 2. The van der Waals surface area contributed by atoms with Crippen LogP contribution in [0.3, 0.4) is 0 Å². The number of ether oxygens (including phenoxy) is 3. The van der Waals surface area contributed by atoms with Gasteiger partial charge < -0.3 is 19.3 Å². The minimum Gasteiger partial charge on any atom is -0.462 e. The van der Waals surface area contributed by atoms with Crippen LogP contribution < -0.4 is 0 Å². The molecular formula is C18H24O8. The van der Waals surface area contributed by atoms with Crippen molar-refractivity contribution in [2.75, 3.05) is 0 Å². The van der Waals surface area contributed by atoms with E-state index >= 15 is 0 Å². The van der Waals surface area contributed by atoms with Gasteiger partial charge in [-0.1, -0.05) is 6.08 Å². The van der Waals surface area contributed by atoms with Gasteiger partial charge >= 0.3 is 17.9 Å². The smallest absolute Gasteiger partial charge is 0.330 e. The minimum atomic E-state index is -1.22. The fourth-order valence-corrected chi connectivity index (χ4v) is 2.17. The van der Waals surface area contributed by atoms with Gasteiger partial charge in [0.2, 0.25) is 0 Å². The van der Waals surface area contributed by atoms with Crippen LogP contribution in [-0.2, 0) is 33.4 Å². The first-order valence-electron chi connectivity index (χ1n) is 8.30. The molecule has 0 spiro atoms. The summed E-state index contributed by atoms with van der Waals surface area (Å²) in [7, 11) is 0. The first-order valence-corrected chi connectivity index (χ1v) is 8.30. The van der Waals surface area contributed by atoms with Crippen molar-refractivity contribution in [1.29, 1.82) is 0 Å². The number of hydrogen-bond donors (Lipinski definition) is 1. The summed E-state index contributed by atoms with van der Waals surface area (Å²) in [6, 6.07) is 0. The number of carbonyl (C=O) groups excluding carboxylic acids is 4. The van der Waals surface area contributed by atoms with E-state index in [4.69, 9.17) is 14.2 Å². The summed E-state index contributed by atoms with van der Waals surface area (Å²) < 4.78 is 15.3. The summed E-state index contributed by atoms with van der Waals surface area (Å²) in [5.74, 6) is -2.37. The molecule has 0 aromatic carbocycles. The largest absolute Gasteiger partial charge is 0.462 e. The van der Waals surface area contributed by atoms with E-state index in [1.165, 1.54) is 26.0 Å². The summed E-state index contributed by atoms with van der Waals surface area (Å²) in [5.41, 5.74) is 0. The Morgan fingerprint density at radius 2 is 1.77 bits per heavy atom. The lowest BCUT2D eigenvalue weighted by Gasteiger charge is -2.18. The van der Waals surface area contributed by atoms with Gasteiger partial charge in [-0.3, -0.25) is 9.59 Å². The zero-order valence-electron chi connectivity index (χ0n) is 15.0. The van der Waals surface area contributed by atoms with E-state index in [9.17, 15) is 24.3 Å². The Balaban J connectivity index is 2.94. The van der Waals surface area contributed by atoms with E-state index in [2.05, 4.69) is 0 Å². The highest BCUT2D eigenvalue weighted by Gasteiger charge is 2.22. The van der Waals surface area contributed by atoms with Crippen molar-refractivity contribution in [3.63, 3.8) is 0 Å². The Bertz CT molecular complexity index is 592. The van der Waals surface area contributed by atoms with Crippen molar-refractivity contribution in [3.05, 3.63) is 24.3 Å². The summed E-state index contributed by atoms with van der Waals surface area (Å²) in [6.07, 6.45) is 1.04. The van der Waals surface area contributed by atoms with Crippen molar-refractivity contribution in [2.24, 2.45) is 0 Å². The number of cyclic esters (lactones) is 3. The molecule has 0 saturated heterocycles. The number of aliphatic hydroxyl groups is 1. The summed E-state index contributed by atoms with van der Waals surface area (Å²) >= 11 is 0. The van der Waals surface area contributed by atoms with Crippen LogP contribution in [-0.4, -0.2) is 53.2 Å². The number of hydrogen-bond acceptors (Lipinski definition) is 8. The van der Waals surface area contributed by atoms with Crippen molar-refractivity contribution in [2.45, 2.75) is 64.4 Å². The van der Waals surface area contributed by atoms with Crippen LogP contribution in [0.15, 0.2) is 24.3 Å². The lowest BCUT2D eigenvalue weighted by molar-refractivity contribution is -0.155. The van der Waals surface area contributed by atoms with Crippen molar-refractivity contribution >= 4 is 23.7 Å². The molecule has 1 heterocycles. The molecule has 4 atom stereocenters. The molecule has 0 bridgehead atoms. The molecule has 0 fully saturated rings. The fraction of sp³-hybridized carbons (Fsp3) is 0.556. The molecular weight excluding hydrogens is 344 g/mol. The van der Waals surface area contributed by atoms with Gasteiger partial charge in [0.15, 0.2) is 0 Å². The van der Waals surface area contributed by atoms with E-state index in [-0.39, 0.29) is 25.0 Å². The molecule has 144 valence electrons. The molecule has 4 unspecified atom stereocenters. The van der Waals surface area contributed by atoms with E-state index in [1.54, 1.807) is 6.92 Å². The minimum absolute atomic E-state index is 0.125. The van der Waals surface area contributed by atoms with Gasteiger partial charge in [-0.25, -0.2) is 9.59 Å². The van der Waals surface area contributed by atoms with Crippen LogP contribution in [0.25, 0.3) is 0 Å². The second-order valence-corrected chi connectivity index (χ2v) is 6.10. The molecule has 0 aromatic heterocycles. The molecule has 1 aliphatic rings. The zero-order chi connectivity index (χ0) is 19.7. The number of ketones is 1. The van der Waals surface area contributed by atoms with Crippen molar-refractivity contribution in [3.8, 4) is 0 Å². The Hall–Kier alpha value is -2.48. The van der Waals surface area contributed by atoms with Crippen LogP contribution in [0, 0.1) is 0 Å². The molecule has 0 saturated carbocycles. The van der Waals surface area contributed by atoms with Gasteiger partial charge in [0, 0.05) is 25.0 Å². The predicted octanol–water partition coefficient (Wildman–Crippen LogP) is 1.01. The Labute approximate surface area is 151 Å². The topological polar surface area (TPSA) is 116 Å². The highest BCUT2D eigenvalue weighted by atomic mass is 16.6. The molecule has 0 radical (unpaired) electrons. The van der Waals surface area contributed by atoms with Gasteiger partial charge in [-0.15, -0.1) is 0 Å². The van der Waals surface area contributed by atoms with Crippen LogP contribution in [0.5, 0.6) is 0 Å². The van der Waals surface area contributed by atoms with Gasteiger partial charge in [-0.2, -0.15) is 0 Å². The molecule has 1 N–H and O–H groups in total. The molecule has 1 aliphatic heterocycles. The molecule has 8 nitrogen and oxygen atoms in total. The second-order valence-electron chi connectivity index (χ2n) is 6.10. The molecule has 0 aliphatic carbocycles. The maximum Gasteiger partial charge on any atom is 0.330 e. The highest BCUT2D eigenvalue weighted by molar-refractivity contribution is 5.84. The van der Waals surface area contributed by atoms with Crippen LogP contribution in [0.1, 0.15) is 40.0 Å². The van der Waals surface area contributed by atoms with Crippen LogP contribution >= 0.6 is 0 Å². The molecule has 26 heavy (non-hydrogen) atoms. The van der Waals surface area contributed by atoms with Gasteiger partial charge in [0.1, 0.15) is 30.2 Å². The number of aliphatic hydroxyl groups excluding tert-OH is 1. The normalized spacial score (nSPS) is 28.8. The highest BCUT2D eigenvalue weighted by Crippen LogP contribution is 2.11. The SMILES string of the molecule is CC(=O)CC1CC(=O)OC(C)CC=CC(=O)OC(C)C(O)C=CC(=O)O1. The maximum absolute atomic E-state index is 11.9. The van der Waals surface area contributed by atoms with Crippen molar-refractivity contribution < 1.29 is 38.5 Å². The second kappa shape index (κ2) is 10.5. The Kier molecular flexibility index (Phi) is 8.71. The average Bonchev–Trinajstić information content (AvgIpc) is 2.50. The molecule has 0 amide bonds. The quantitative estimate of drug-likeness (QED) is 0.567. The van der Waals surface area contributed by atoms with E-state index in [0.717, 1.165) is 12.2 Å². The first-order chi connectivity index (χ1) is 12.2. The summed E-state index contributed by atoms with van der Waals surface area (Å²) in [6.45, 7) is 4.43. The lowest BCUT2D eigenvalue weighted by atomic mass is 10.1. The number of carbonyl (C=O) groups is 4. The van der Waals surface area contributed by atoms with E-state index < -0.39 is 42.3 Å². The van der Waals surface area contributed by atoms with Gasteiger partial charge in [0.25, 0.3) is 0 Å². The summed E-state index contributed by atoms with van der Waals surface area (Å²) in [5, 5.41) is 9.89. The summed E-state index contributed by atoms with van der Waals surface area (Å²) in [4.78, 5) is 46.8. The maximum atomic E-state index is 11.9. The third-order valence-corrected chi connectivity index (χ3v) is 3.46. The number of Topliss-reactive ketones (excluding diaryl/α,β-unsaturated/α-hetero) is 1. The predicted molar refractivity (Wildman–Crippen MR) is 89.8 cm³/mol. The standard InChI is InChI=1S/C18H24O8/c1-11(19)9-14-10-18(23)24-12(2)5-4-6-16(21)25-13(3)15(20)7-8-17(22)26-14/h4,6-8,12-15,20H,5,9-10H2,1-3H3. The Morgan fingerprint density at radius 3 is 2.42 bits per heavy atom. The Morgan fingerprint density at radius 1 is 1.12 bits per heavy atom. The van der Waals surface area contributed by atoms with Gasteiger partial charge in [-0.05, 0) is 26.8 Å². The third-order valence-electron chi connectivity index (χ3n) is 3.46. The van der Waals surface area contributed by atoms with E-state index in [0.29, 0.717) is 0 Å². The average molecular weight is 368 g/mol. The molecule has 0 aromatic rings. The van der Waals surface area contributed by atoms with Crippen molar-refractivity contribution in [1.82, 2.24) is 0 Å². The van der Waals surface area contributed by atoms with Gasteiger partial charge in [0.05, 0.1) is 6.42 Å². The van der Waals surface area contributed by atoms with E-state index in [1.807, 2.05) is 0 Å². The first kappa shape index (κ1) is 21.6. The van der Waals surface area contributed by atoms with Crippen LogP contribution in [0.2, 0.25) is 0 Å². The zero-order valence-corrected chi connectivity index (χ0v) is 15.0.